The quantitative estimate of drug-likeness (QED) is 0.358. The van der Waals surface area contributed by atoms with E-state index in [1.807, 2.05) is 30.9 Å². The maximum absolute atomic E-state index is 15.5. The second kappa shape index (κ2) is 7.46. The Balaban J connectivity index is 1.34. The van der Waals surface area contributed by atoms with Crippen molar-refractivity contribution in [2.24, 2.45) is 5.92 Å². The van der Waals surface area contributed by atoms with E-state index >= 15 is 4.39 Å². The number of anilines is 1. The van der Waals surface area contributed by atoms with Crippen molar-refractivity contribution in [1.82, 2.24) is 14.9 Å². The second-order valence-electron chi connectivity index (χ2n) is 10.7. The van der Waals surface area contributed by atoms with Gasteiger partial charge in [0.2, 0.25) is 0 Å². The van der Waals surface area contributed by atoms with Crippen LogP contribution in [0.2, 0.25) is 0 Å². The highest BCUT2D eigenvalue weighted by Gasteiger charge is 2.62. The number of carbonyl (C=O) groups excluding carboxylic acids is 1. The van der Waals surface area contributed by atoms with Gasteiger partial charge < -0.3 is 15.4 Å². The molecule has 8 heteroatoms. The number of halogens is 1. The number of pyridine rings is 1. The number of rotatable bonds is 4. The number of carbonyl (C=O) groups is 1. The van der Waals surface area contributed by atoms with Crippen LogP contribution in [-0.4, -0.2) is 26.3 Å². The van der Waals surface area contributed by atoms with E-state index in [0.717, 1.165) is 56.6 Å². The largest absolute Gasteiger partial charge is 0.383 e. The number of amides is 1. The van der Waals surface area contributed by atoms with Crippen LogP contribution in [0.4, 0.5) is 10.2 Å². The zero-order valence-electron chi connectivity index (χ0n) is 20.5. The van der Waals surface area contributed by atoms with Crippen LogP contribution in [0.5, 0.6) is 0 Å². The van der Waals surface area contributed by atoms with Crippen LogP contribution in [-0.2, 0) is 11.3 Å². The fourth-order valence-corrected chi connectivity index (χ4v) is 7.45. The third-order valence-corrected chi connectivity index (χ3v) is 9.43. The number of aryl methyl sites for hydroxylation is 1. The van der Waals surface area contributed by atoms with Gasteiger partial charge in [0.15, 0.2) is 0 Å². The predicted octanol–water partition coefficient (Wildman–Crippen LogP) is 6.22. The molecular weight excluding hydrogens is 475 g/mol. The molecule has 4 aromatic rings. The van der Waals surface area contributed by atoms with Crippen LogP contribution in [0.15, 0.2) is 30.3 Å². The molecule has 0 unspecified atom stereocenters. The van der Waals surface area contributed by atoms with Crippen molar-refractivity contribution in [3.8, 4) is 0 Å². The molecule has 6 nitrogen and oxygen atoms in total. The highest BCUT2D eigenvalue weighted by molar-refractivity contribution is 7.18. The Bertz CT molecular complexity index is 1580. The second-order valence-corrected chi connectivity index (χ2v) is 11.9. The summed E-state index contributed by atoms with van der Waals surface area (Å²) in [5.74, 6) is 0.204. The van der Waals surface area contributed by atoms with Crippen molar-refractivity contribution >= 4 is 44.2 Å². The number of nitrogens with zero attached hydrogens (tertiary/aromatic N) is 3. The lowest BCUT2D eigenvalue weighted by molar-refractivity contribution is -0.137. The molecule has 184 valence electrons. The van der Waals surface area contributed by atoms with Gasteiger partial charge in [-0.25, -0.2) is 14.4 Å². The first kappa shape index (κ1) is 22.1. The molecule has 1 amide bonds. The Morgan fingerprint density at radius 1 is 1.22 bits per heavy atom. The van der Waals surface area contributed by atoms with E-state index in [1.165, 1.54) is 6.07 Å². The minimum Gasteiger partial charge on any atom is -0.383 e. The Hall–Kier alpha value is -3.10. The number of aromatic nitrogens is 2. The SMILES string of the molecule is Cc1nc2ccc([C@@H](C)N(C(=O)c3cc4c5c(c(N)nc4cc3F)[C@@H](C)OC5)C34CC(C3)C4)cc2s1. The van der Waals surface area contributed by atoms with Gasteiger partial charge in [-0.15, -0.1) is 11.3 Å². The normalized spacial score (nSPS) is 24.9. The van der Waals surface area contributed by atoms with Crippen molar-refractivity contribution in [3.05, 3.63) is 63.4 Å². The Kier molecular flexibility index (Phi) is 4.58. The van der Waals surface area contributed by atoms with Crippen LogP contribution in [0.1, 0.15) is 77.3 Å². The molecule has 36 heavy (non-hydrogen) atoms. The molecule has 3 aliphatic carbocycles. The van der Waals surface area contributed by atoms with E-state index in [1.54, 1.807) is 17.4 Å². The number of benzene rings is 2. The third-order valence-electron chi connectivity index (χ3n) is 8.49. The molecule has 1 aliphatic heterocycles. The standard InChI is InChI=1S/C28H27FN4O2S/c1-13(17-4-5-22-24(6-17)36-15(3)31-22)33(28-9-16(10-28)11-28)27(34)19-7-18-20-12-35-14(2)25(20)26(30)32-23(18)8-21(19)29/h4-8,13-14,16H,9-12H2,1-3H3,(H2,30,32)/t13-,14-,16?,28?/m1/s1. The summed E-state index contributed by atoms with van der Waals surface area (Å²) in [6.45, 7) is 6.36. The monoisotopic (exact) mass is 502 g/mol. The fraction of sp³-hybridized carbons (Fsp3) is 0.393. The summed E-state index contributed by atoms with van der Waals surface area (Å²) in [6, 6.07) is 9.02. The molecule has 0 radical (unpaired) electrons. The van der Waals surface area contributed by atoms with E-state index in [0.29, 0.717) is 23.9 Å². The van der Waals surface area contributed by atoms with Crippen molar-refractivity contribution < 1.29 is 13.9 Å². The Morgan fingerprint density at radius 3 is 2.72 bits per heavy atom. The lowest BCUT2D eigenvalue weighted by Gasteiger charge is -2.67. The molecule has 4 aliphatic rings. The zero-order valence-corrected chi connectivity index (χ0v) is 21.3. The van der Waals surface area contributed by atoms with E-state index < -0.39 is 5.82 Å². The molecule has 8 rings (SSSR count). The number of nitrogens with two attached hydrogens (primary N) is 1. The van der Waals surface area contributed by atoms with Gasteiger partial charge >= 0.3 is 0 Å². The average molecular weight is 503 g/mol. The average Bonchev–Trinajstić information content (AvgIpc) is 3.35. The molecule has 3 saturated carbocycles. The number of nitrogen functional groups attached to an aromatic ring is 1. The Morgan fingerprint density at radius 2 is 2.00 bits per heavy atom. The maximum Gasteiger partial charge on any atom is 0.257 e. The summed E-state index contributed by atoms with van der Waals surface area (Å²) < 4.78 is 22.4. The minimum atomic E-state index is -0.566. The molecule has 2 aromatic carbocycles. The van der Waals surface area contributed by atoms with Crippen molar-refractivity contribution in [2.45, 2.75) is 64.3 Å². The van der Waals surface area contributed by atoms with Gasteiger partial charge in [-0.3, -0.25) is 4.79 Å². The summed E-state index contributed by atoms with van der Waals surface area (Å²) in [6.07, 6.45) is 2.78. The number of ether oxygens (including phenoxy) is 1. The molecular formula is C28H27FN4O2S. The number of thiazole rings is 1. The smallest absolute Gasteiger partial charge is 0.257 e. The third kappa shape index (κ3) is 3.00. The van der Waals surface area contributed by atoms with E-state index in [4.69, 9.17) is 10.5 Å². The summed E-state index contributed by atoms with van der Waals surface area (Å²) in [4.78, 5) is 25.1. The first-order valence-corrected chi connectivity index (χ1v) is 13.3. The van der Waals surface area contributed by atoms with Crippen molar-refractivity contribution in [1.29, 1.82) is 0 Å². The summed E-state index contributed by atoms with van der Waals surface area (Å²) in [7, 11) is 0. The number of hydrogen-bond donors (Lipinski definition) is 1. The molecule has 0 spiro atoms. The van der Waals surface area contributed by atoms with Gasteiger partial charge in [-0.2, -0.15) is 0 Å². The van der Waals surface area contributed by atoms with E-state index in [2.05, 4.69) is 23.0 Å². The Labute approximate surface area is 212 Å². The van der Waals surface area contributed by atoms with E-state index in [9.17, 15) is 4.79 Å². The molecule has 2 bridgehead atoms. The highest BCUT2D eigenvalue weighted by Crippen LogP contribution is 2.62. The van der Waals surface area contributed by atoms with Gasteiger partial charge in [0.05, 0.1) is 45.1 Å². The maximum atomic E-state index is 15.5. The predicted molar refractivity (Wildman–Crippen MR) is 138 cm³/mol. The van der Waals surface area contributed by atoms with Crippen molar-refractivity contribution in [3.63, 3.8) is 0 Å². The van der Waals surface area contributed by atoms with Gasteiger partial charge in [0.1, 0.15) is 11.6 Å². The van der Waals surface area contributed by atoms with Crippen LogP contribution in [0.3, 0.4) is 0 Å². The molecule has 2 aromatic heterocycles. The van der Waals surface area contributed by atoms with Gasteiger partial charge in [-0.05, 0) is 75.3 Å². The van der Waals surface area contributed by atoms with Crippen molar-refractivity contribution in [2.75, 3.05) is 5.73 Å². The summed E-state index contributed by atoms with van der Waals surface area (Å²) >= 11 is 1.65. The fourth-order valence-electron chi connectivity index (χ4n) is 6.58. The first-order valence-electron chi connectivity index (χ1n) is 12.5. The van der Waals surface area contributed by atoms with Crippen LogP contribution < -0.4 is 5.73 Å². The summed E-state index contributed by atoms with van der Waals surface area (Å²) in [5.41, 5.74) is 10.3. The first-order chi connectivity index (χ1) is 17.2. The topological polar surface area (TPSA) is 81.3 Å². The highest BCUT2D eigenvalue weighted by atomic mass is 32.1. The molecule has 3 heterocycles. The molecule has 2 atom stereocenters. The molecule has 0 saturated heterocycles. The van der Waals surface area contributed by atoms with Crippen LogP contribution in [0, 0.1) is 18.7 Å². The summed E-state index contributed by atoms with van der Waals surface area (Å²) in [5, 5.41) is 1.75. The zero-order chi connectivity index (χ0) is 24.9. The van der Waals surface area contributed by atoms with Crippen LogP contribution in [0.25, 0.3) is 21.1 Å². The van der Waals surface area contributed by atoms with Gasteiger partial charge in [-0.1, -0.05) is 6.07 Å². The minimum absolute atomic E-state index is 0.0853. The lowest BCUT2D eigenvalue weighted by atomic mass is 9.48. The van der Waals surface area contributed by atoms with E-state index in [-0.39, 0.29) is 29.2 Å². The van der Waals surface area contributed by atoms with Gasteiger partial charge in [0, 0.05) is 22.6 Å². The molecule has 2 N–H and O–H groups in total. The number of fused-ring (bicyclic) bond motifs is 4. The number of hydrogen-bond acceptors (Lipinski definition) is 6. The van der Waals surface area contributed by atoms with Gasteiger partial charge in [0.25, 0.3) is 5.91 Å². The van der Waals surface area contributed by atoms with Crippen LogP contribution >= 0.6 is 11.3 Å². The lowest BCUT2D eigenvalue weighted by Crippen LogP contribution is -2.69. The molecule has 3 fully saturated rings.